The number of benzene rings is 1. The lowest BCUT2D eigenvalue weighted by Crippen LogP contribution is -2.21. The second kappa shape index (κ2) is 6.40. The Kier molecular flexibility index (Phi) is 5.07. The SMILES string of the molecule is CCNC(c1ccc(C)c(C)c1)c1cc(Br)c(Cl)s1. The zero-order valence-electron chi connectivity index (χ0n) is 11.3. The van der Waals surface area contributed by atoms with Gasteiger partial charge in [0.2, 0.25) is 0 Å². The third-order valence-corrected chi connectivity index (χ3v) is 5.76. The number of hydrogen-bond donors (Lipinski definition) is 1. The average molecular weight is 359 g/mol. The minimum Gasteiger partial charge on any atom is -0.306 e. The van der Waals surface area contributed by atoms with Crippen LogP contribution in [0, 0.1) is 13.8 Å². The van der Waals surface area contributed by atoms with Crippen LogP contribution >= 0.6 is 38.9 Å². The number of rotatable bonds is 4. The summed E-state index contributed by atoms with van der Waals surface area (Å²) < 4.78 is 1.78. The van der Waals surface area contributed by atoms with Crippen LogP contribution in [-0.2, 0) is 0 Å². The van der Waals surface area contributed by atoms with Gasteiger partial charge in [-0.15, -0.1) is 11.3 Å². The van der Waals surface area contributed by atoms with Crippen LogP contribution in [-0.4, -0.2) is 6.54 Å². The first-order valence-electron chi connectivity index (χ1n) is 6.28. The summed E-state index contributed by atoms with van der Waals surface area (Å²) in [7, 11) is 0. The van der Waals surface area contributed by atoms with E-state index in [0.29, 0.717) is 0 Å². The molecule has 1 unspecified atom stereocenters. The number of halogens is 2. The smallest absolute Gasteiger partial charge is 0.107 e. The van der Waals surface area contributed by atoms with Crippen molar-refractivity contribution in [2.45, 2.75) is 26.8 Å². The van der Waals surface area contributed by atoms with Crippen LogP contribution in [0.4, 0.5) is 0 Å². The molecule has 4 heteroatoms. The van der Waals surface area contributed by atoms with Gasteiger partial charge in [-0.25, -0.2) is 0 Å². The van der Waals surface area contributed by atoms with E-state index in [0.717, 1.165) is 15.4 Å². The van der Waals surface area contributed by atoms with Crippen molar-refractivity contribution >= 4 is 38.9 Å². The van der Waals surface area contributed by atoms with Gasteiger partial charge in [-0.2, -0.15) is 0 Å². The van der Waals surface area contributed by atoms with Crippen LogP contribution in [0.5, 0.6) is 0 Å². The maximum Gasteiger partial charge on any atom is 0.107 e. The minimum absolute atomic E-state index is 0.207. The van der Waals surface area contributed by atoms with Gasteiger partial charge in [0.25, 0.3) is 0 Å². The summed E-state index contributed by atoms with van der Waals surface area (Å²) in [6, 6.07) is 8.94. The molecule has 2 aromatic rings. The molecule has 0 fully saturated rings. The lowest BCUT2D eigenvalue weighted by Gasteiger charge is -2.18. The summed E-state index contributed by atoms with van der Waals surface area (Å²) in [6.07, 6.45) is 0. The topological polar surface area (TPSA) is 12.0 Å². The van der Waals surface area contributed by atoms with Crippen molar-refractivity contribution in [3.8, 4) is 0 Å². The molecule has 1 atom stereocenters. The molecule has 0 spiro atoms. The summed E-state index contributed by atoms with van der Waals surface area (Å²) in [5.41, 5.74) is 3.93. The molecule has 0 bridgehead atoms. The molecule has 102 valence electrons. The summed E-state index contributed by atoms with van der Waals surface area (Å²) in [6.45, 7) is 7.34. The van der Waals surface area contributed by atoms with Gasteiger partial charge in [0.15, 0.2) is 0 Å². The van der Waals surface area contributed by atoms with Gasteiger partial charge in [-0.1, -0.05) is 36.7 Å². The Hall–Kier alpha value is -0.350. The molecule has 0 radical (unpaired) electrons. The molecule has 1 heterocycles. The molecule has 19 heavy (non-hydrogen) atoms. The zero-order chi connectivity index (χ0) is 14.0. The quantitative estimate of drug-likeness (QED) is 0.763. The first kappa shape index (κ1) is 15.0. The Morgan fingerprint density at radius 2 is 2.00 bits per heavy atom. The van der Waals surface area contributed by atoms with Gasteiger partial charge in [0.1, 0.15) is 4.34 Å². The molecule has 1 nitrogen and oxygen atoms in total. The van der Waals surface area contributed by atoms with Gasteiger partial charge < -0.3 is 5.32 Å². The van der Waals surface area contributed by atoms with E-state index < -0.39 is 0 Å². The molecule has 0 saturated carbocycles. The number of aryl methyl sites for hydroxylation is 2. The number of nitrogens with one attached hydrogen (secondary N) is 1. The maximum atomic E-state index is 6.16. The lowest BCUT2D eigenvalue weighted by molar-refractivity contribution is 0.639. The highest BCUT2D eigenvalue weighted by atomic mass is 79.9. The fourth-order valence-corrected chi connectivity index (χ4v) is 3.88. The Labute approximate surface area is 132 Å². The van der Waals surface area contributed by atoms with Crippen molar-refractivity contribution in [2.75, 3.05) is 6.54 Å². The molecule has 0 saturated heterocycles. The molecule has 2 rings (SSSR count). The first-order valence-corrected chi connectivity index (χ1v) is 8.27. The predicted molar refractivity (Wildman–Crippen MR) is 88.5 cm³/mol. The highest BCUT2D eigenvalue weighted by molar-refractivity contribution is 9.10. The summed E-state index contributed by atoms with van der Waals surface area (Å²) in [5, 5.41) is 3.53. The van der Waals surface area contributed by atoms with Crippen molar-refractivity contribution in [1.29, 1.82) is 0 Å². The Morgan fingerprint density at radius 1 is 1.26 bits per heavy atom. The first-order chi connectivity index (χ1) is 9.02. The van der Waals surface area contributed by atoms with Crippen LogP contribution in [0.15, 0.2) is 28.7 Å². The summed E-state index contributed by atoms with van der Waals surface area (Å²) in [5.74, 6) is 0. The molecule has 1 N–H and O–H groups in total. The van der Waals surface area contributed by atoms with E-state index in [9.17, 15) is 0 Å². The number of hydrogen-bond acceptors (Lipinski definition) is 2. The predicted octanol–water partition coefficient (Wildman–Crippen LogP) is 5.48. The molecule has 0 aliphatic heterocycles. The van der Waals surface area contributed by atoms with Crippen LogP contribution in [0.3, 0.4) is 0 Å². The van der Waals surface area contributed by atoms with Crippen molar-refractivity contribution in [1.82, 2.24) is 5.32 Å². The summed E-state index contributed by atoms with van der Waals surface area (Å²) in [4.78, 5) is 1.24. The highest BCUT2D eigenvalue weighted by Gasteiger charge is 2.17. The normalized spacial score (nSPS) is 12.7. The Balaban J connectivity index is 2.41. The van der Waals surface area contributed by atoms with Crippen molar-refractivity contribution in [3.05, 3.63) is 54.6 Å². The van der Waals surface area contributed by atoms with Crippen LogP contribution in [0.2, 0.25) is 4.34 Å². The van der Waals surface area contributed by atoms with Crippen molar-refractivity contribution < 1.29 is 0 Å². The van der Waals surface area contributed by atoms with E-state index in [4.69, 9.17) is 11.6 Å². The van der Waals surface area contributed by atoms with Crippen molar-refractivity contribution in [3.63, 3.8) is 0 Å². The van der Waals surface area contributed by atoms with Crippen LogP contribution in [0.25, 0.3) is 0 Å². The molecule has 1 aromatic heterocycles. The van der Waals surface area contributed by atoms with Crippen LogP contribution < -0.4 is 5.32 Å². The second-order valence-electron chi connectivity index (χ2n) is 4.60. The number of thiophene rings is 1. The fourth-order valence-electron chi connectivity index (χ4n) is 2.04. The third-order valence-electron chi connectivity index (χ3n) is 3.22. The highest BCUT2D eigenvalue weighted by Crippen LogP contribution is 2.37. The maximum absolute atomic E-state index is 6.16. The van der Waals surface area contributed by atoms with E-state index in [1.165, 1.54) is 21.6 Å². The molecule has 1 aromatic carbocycles. The molecule has 0 aliphatic carbocycles. The van der Waals surface area contributed by atoms with Gasteiger partial charge in [-0.05, 0) is 59.1 Å². The van der Waals surface area contributed by atoms with E-state index in [-0.39, 0.29) is 6.04 Å². The van der Waals surface area contributed by atoms with Gasteiger partial charge in [-0.3, -0.25) is 0 Å². The van der Waals surface area contributed by atoms with E-state index in [2.05, 4.69) is 66.3 Å². The molecular weight excluding hydrogens is 342 g/mol. The Morgan fingerprint density at radius 3 is 2.53 bits per heavy atom. The monoisotopic (exact) mass is 357 g/mol. The molecule has 0 aliphatic rings. The largest absolute Gasteiger partial charge is 0.306 e. The van der Waals surface area contributed by atoms with Crippen molar-refractivity contribution in [2.24, 2.45) is 0 Å². The lowest BCUT2D eigenvalue weighted by atomic mass is 10.00. The molecule has 0 amide bonds. The average Bonchev–Trinajstić information content (AvgIpc) is 2.70. The third kappa shape index (κ3) is 3.40. The van der Waals surface area contributed by atoms with E-state index in [1.54, 1.807) is 11.3 Å². The van der Waals surface area contributed by atoms with Gasteiger partial charge in [0.05, 0.1) is 6.04 Å². The minimum atomic E-state index is 0.207. The van der Waals surface area contributed by atoms with Crippen LogP contribution in [0.1, 0.15) is 34.5 Å². The Bertz CT molecular complexity index is 560. The second-order valence-corrected chi connectivity index (χ2v) is 7.14. The van der Waals surface area contributed by atoms with E-state index in [1.807, 2.05) is 0 Å². The molecular formula is C15H17BrClNS. The van der Waals surface area contributed by atoms with E-state index >= 15 is 0 Å². The van der Waals surface area contributed by atoms with Gasteiger partial charge in [0, 0.05) is 9.35 Å². The van der Waals surface area contributed by atoms with Gasteiger partial charge >= 0.3 is 0 Å². The summed E-state index contributed by atoms with van der Waals surface area (Å²) >= 11 is 11.3. The fraction of sp³-hybridized carbons (Fsp3) is 0.333. The zero-order valence-corrected chi connectivity index (χ0v) is 14.4. The standard InChI is InChI=1S/C15H17BrClNS/c1-4-18-14(13-8-12(16)15(17)19-13)11-6-5-9(2)10(3)7-11/h5-8,14,18H,4H2,1-3H3.